The summed E-state index contributed by atoms with van der Waals surface area (Å²) in [5.74, 6) is 6.03. The van der Waals surface area contributed by atoms with Gasteiger partial charge in [-0.1, -0.05) is 48.2 Å². The van der Waals surface area contributed by atoms with Gasteiger partial charge in [0.15, 0.2) is 4.32 Å². The molecule has 1 aromatic carbocycles. The van der Waals surface area contributed by atoms with E-state index in [0.29, 0.717) is 4.32 Å². The van der Waals surface area contributed by atoms with Gasteiger partial charge in [-0.3, -0.25) is 9.99 Å². The molecule has 1 atom stereocenters. The number of nitrogens with two attached hydrogens (primary N) is 1. The molecule has 0 aliphatic carbocycles. The van der Waals surface area contributed by atoms with E-state index in [0.717, 1.165) is 16.5 Å². The van der Waals surface area contributed by atoms with E-state index in [1.807, 2.05) is 37.6 Å². The van der Waals surface area contributed by atoms with E-state index in [9.17, 15) is 0 Å². The van der Waals surface area contributed by atoms with E-state index in [2.05, 4.69) is 17.1 Å². The number of pyridine rings is 1. The van der Waals surface area contributed by atoms with Gasteiger partial charge in [0, 0.05) is 11.6 Å². The van der Waals surface area contributed by atoms with Crippen LogP contribution < -0.4 is 5.84 Å². The van der Waals surface area contributed by atoms with Crippen LogP contribution in [0.5, 0.6) is 0 Å². The summed E-state index contributed by atoms with van der Waals surface area (Å²) < 4.78 is 0.664. The van der Waals surface area contributed by atoms with E-state index >= 15 is 0 Å². The van der Waals surface area contributed by atoms with Crippen molar-refractivity contribution in [3.63, 3.8) is 0 Å². The minimum absolute atomic E-state index is 0.0453. The molecule has 2 N–H and O–H groups in total. The number of hydrogen-bond acceptors (Lipinski definition) is 4. The maximum absolute atomic E-state index is 6.03. The Morgan fingerprint density at radius 3 is 2.83 bits per heavy atom. The predicted octanol–water partition coefficient (Wildman–Crippen LogP) is 3.12. The number of aromatic nitrogens is 1. The molecule has 1 heterocycles. The summed E-state index contributed by atoms with van der Waals surface area (Å²) in [6, 6.07) is 10.1. The second-order valence-electron chi connectivity index (χ2n) is 3.97. The van der Waals surface area contributed by atoms with Crippen molar-refractivity contribution in [3.8, 4) is 0 Å². The summed E-state index contributed by atoms with van der Waals surface area (Å²) in [6.45, 7) is 2.01. The van der Waals surface area contributed by atoms with Gasteiger partial charge < -0.3 is 0 Å². The first kappa shape index (κ1) is 13.3. The van der Waals surface area contributed by atoms with Gasteiger partial charge >= 0.3 is 0 Å². The van der Waals surface area contributed by atoms with E-state index in [4.69, 9.17) is 18.1 Å². The van der Waals surface area contributed by atoms with Gasteiger partial charge in [-0.05, 0) is 24.6 Å². The first-order chi connectivity index (χ1) is 8.65. The molecule has 94 valence electrons. The topological polar surface area (TPSA) is 42.1 Å². The van der Waals surface area contributed by atoms with Gasteiger partial charge in [-0.25, -0.2) is 5.84 Å². The molecule has 5 heteroatoms. The highest BCUT2D eigenvalue weighted by atomic mass is 32.2. The lowest BCUT2D eigenvalue weighted by Gasteiger charge is -2.25. The zero-order valence-corrected chi connectivity index (χ0v) is 12.0. The Morgan fingerprint density at radius 1 is 1.39 bits per heavy atom. The third kappa shape index (κ3) is 2.48. The summed E-state index contributed by atoms with van der Waals surface area (Å²) >= 11 is 6.68. The maximum atomic E-state index is 6.03. The minimum Gasteiger partial charge on any atom is -0.287 e. The lowest BCUT2D eigenvalue weighted by molar-refractivity contribution is 0.358. The van der Waals surface area contributed by atoms with E-state index < -0.39 is 0 Å². The van der Waals surface area contributed by atoms with Gasteiger partial charge in [0.05, 0.1) is 11.7 Å². The highest BCUT2D eigenvalue weighted by molar-refractivity contribution is 8.22. The molecule has 0 fully saturated rings. The molecule has 0 bridgehead atoms. The maximum Gasteiger partial charge on any atom is 0.150 e. The van der Waals surface area contributed by atoms with Crippen LogP contribution in [0.15, 0.2) is 36.5 Å². The van der Waals surface area contributed by atoms with E-state index in [1.165, 1.54) is 11.8 Å². The van der Waals surface area contributed by atoms with Gasteiger partial charge in [-0.2, -0.15) is 0 Å². The zero-order chi connectivity index (χ0) is 13.1. The van der Waals surface area contributed by atoms with Crippen LogP contribution in [0.25, 0.3) is 10.8 Å². The highest BCUT2D eigenvalue weighted by Gasteiger charge is 2.18. The van der Waals surface area contributed by atoms with Crippen LogP contribution in [0, 0.1) is 0 Å². The fourth-order valence-corrected chi connectivity index (χ4v) is 2.40. The molecule has 0 aliphatic heterocycles. The molecule has 0 radical (unpaired) electrons. The summed E-state index contributed by atoms with van der Waals surface area (Å²) in [5.41, 5.74) is 0.951. The molecule has 18 heavy (non-hydrogen) atoms. The first-order valence-electron chi connectivity index (χ1n) is 5.60. The molecule has 2 rings (SSSR count). The number of thiocarbonyl (C=S) groups is 1. The number of nitrogens with zero attached hydrogens (tertiary/aromatic N) is 2. The normalized spacial score (nSPS) is 12.4. The molecule has 2 aromatic rings. The standard InChI is InChI=1S/C13H15N3S2/c1-9(16(14)13(17)18-2)12-11-6-4-3-5-10(11)7-8-15-12/h3-9H,14H2,1-2H3. The Bertz CT molecular complexity index is 566. The van der Waals surface area contributed by atoms with Crippen LogP contribution in [0.1, 0.15) is 18.7 Å². The van der Waals surface area contributed by atoms with Crippen molar-refractivity contribution < 1.29 is 0 Å². The van der Waals surface area contributed by atoms with Gasteiger partial charge in [0.25, 0.3) is 0 Å². The average Bonchev–Trinajstić information content (AvgIpc) is 2.44. The van der Waals surface area contributed by atoms with Crippen molar-refractivity contribution >= 4 is 39.1 Å². The third-order valence-corrected chi connectivity index (χ3v) is 4.17. The Morgan fingerprint density at radius 2 is 2.11 bits per heavy atom. The first-order valence-corrected chi connectivity index (χ1v) is 7.24. The predicted molar refractivity (Wildman–Crippen MR) is 82.3 cm³/mol. The molecule has 0 spiro atoms. The van der Waals surface area contributed by atoms with E-state index in [1.54, 1.807) is 5.01 Å². The van der Waals surface area contributed by atoms with Crippen molar-refractivity contribution in [3.05, 3.63) is 42.2 Å². The summed E-state index contributed by atoms with van der Waals surface area (Å²) in [4.78, 5) is 4.45. The van der Waals surface area contributed by atoms with Crippen LogP contribution >= 0.6 is 24.0 Å². The van der Waals surface area contributed by atoms with Crippen LogP contribution in [0.4, 0.5) is 0 Å². The van der Waals surface area contributed by atoms with Crippen LogP contribution in [0.3, 0.4) is 0 Å². The Balaban J connectivity index is 2.44. The SMILES string of the molecule is CSC(=S)N(N)C(C)c1nccc2ccccc12. The molecule has 0 amide bonds. The highest BCUT2D eigenvalue weighted by Crippen LogP contribution is 2.25. The minimum atomic E-state index is -0.0453. The Hall–Kier alpha value is -1.17. The Kier molecular flexibility index (Phi) is 4.16. The number of hydrazine groups is 1. The fourth-order valence-electron chi connectivity index (χ4n) is 1.87. The molecular weight excluding hydrogens is 262 g/mol. The number of thioether (sulfide) groups is 1. The van der Waals surface area contributed by atoms with Crippen LogP contribution in [0.2, 0.25) is 0 Å². The summed E-state index contributed by atoms with van der Waals surface area (Å²) in [5, 5.41) is 3.87. The number of fused-ring (bicyclic) bond motifs is 1. The fraction of sp³-hybridized carbons (Fsp3) is 0.231. The molecule has 0 saturated carbocycles. The van der Waals surface area contributed by atoms with Crippen molar-refractivity contribution in [2.75, 3.05) is 6.26 Å². The smallest absolute Gasteiger partial charge is 0.150 e. The van der Waals surface area contributed by atoms with E-state index in [-0.39, 0.29) is 6.04 Å². The van der Waals surface area contributed by atoms with Crippen LogP contribution in [-0.4, -0.2) is 20.6 Å². The lowest BCUT2D eigenvalue weighted by atomic mass is 10.1. The molecule has 1 aromatic heterocycles. The molecule has 3 nitrogen and oxygen atoms in total. The Labute approximate surface area is 116 Å². The second kappa shape index (κ2) is 5.65. The average molecular weight is 277 g/mol. The quantitative estimate of drug-likeness (QED) is 0.519. The monoisotopic (exact) mass is 277 g/mol. The second-order valence-corrected chi connectivity index (χ2v) is 5.41. The summed E-state index contributed by atoms with van der Waals surface area (Å²) in [7, 11) is 0. The third-order valence-electron chi connectivity index (χ3n) is 2.90. The van der Waals surface area contributed by atoms with Crippen molar-refractivity contribution in [2.24, 2.45) is 5.84 Å². The molecule has 0 saturated heterocycles. The van der Waals surface area contributed by atoms with Crippen molar-refractivity contribution in [1.82, 2.24) is 9.99 Å². The lowest BCUT2D eigenvalue weighted by Crippen LogP contribution is -2.37. The van der Waals surface area contributed by atoms with Gasteiger partial charge in [0.2, 0.25) is 0 Å². The number of hydrogen-bond donors (Lipinski definition) is 1. The molecule has 1 unspecified atom stereocenters. The molecule has 0 aliphatic rings. The van der Waals surface area contributed by atoms with Crippen LogP contribution in [-0.2, 0) is 0 Å². The van der Waals surface area contributed by atoms with Crippen molar-refractivity contribution in [1.29, 1.82) is 0 Å². The number of rotatable bonds is 2. The number of benzene rings is 1. The molecular formula is C13H15N3S2. The van der Waals surface area contributed by atoms with Gasteiger partial charge in [-0.15, -0.1) is 0 Å². The van der Waals surface area contributed by atoms with Crippen molar-refractivity contribution in [2.45, 2.75) is 13.0 Å². The zero-order valence-electron chi connectivity index (χ0n) is 10.3. The summed E-state index contributed by atoms with van der Waals surface area (Å²) in [6.07, 6.45) is 3.73. The van der Waals surface area contributed by atoms with Gasteiger partial charge in [0.1, 0.15) is 0 Å². The largest absolute Gasteiger partial charge is 0.287 e.